The van der Waals surface area contributed by atoms with Crippen LogP contribution in [0.25, 0.3) is 6.08 Å². The number of methoxy groups -OCH3 is 1. The number of rotatable bonds is 6. The number of nitrogens with zero attached hydrogens (tertiary/aromatic N) is 3. The lowest BCUT2D eigenvalue weighted by atomic mass is 9.99. The standard InChI is InChI=1S/C30H36ClFN4O5/c1-19(37)33-26-13-25(31)27(40-5)12-21(26)8-11-28(38)36-23-15-34(14-20-6-9-22(32)10-7-20)16-24(36)18-35(17-23)29(39)41-30(2,3)4/h6-13,23-24H,14-18H2,1-5H3,(H,33,37). The van der Waals surface area contributed by atoms with Gasteiger partial charge in [0.2, 0.25) is 11.8 Å². The molecule has 11 heteroatoms. The molecule has 2 fully saturated rings. The van der Waals surface area contributed by atoms with Gasteiger partial charge in [-0.1, -0.05) is 23.7 Å². The summed E-state index contributed by atoms with van der Waals surface area (Å²) in [6.07, 6.45) is 2.68. The molecule has 41 heavy (non-hydrogen) atoms. The van der Waals surface area contributed by atoms with Crippen LogP contribution in [0.4, 0.5) is 14.9 Å². The minimum absolute atomic E-state index is 0.215. The Morgan fingerprint density at radius 2 is 1.71 bits per heavy atom. The van der Waals surface area contributed by atoms with Gasteiger partial charge in [-0.3, -0.25) is 14.5 Å². The van der Waals surface area contributed by atoms with Crippen LogP contribution in [-0.4, -0.2) is 83.6 Å². The third-order valence-corrected chi connectivity index (χ3v) is 7.15. The van der Waals surface area contributed by atoms with Crippen LogP contribution in [0.2, 0.25) is 5.02 Å². The van der Waals surface area contributed by atoms with Crippen molar-refractivity contribution >= 4 is 41.3 Å². The van der Waals surface area contributed by atoms with Crippen molar-refractivity contribution in [1.82, 2.24) is 14.7 Å². The summed E-state index contributed by atoms with van der Waals surface area (Å²) in [6.45, 7) is 9.14. The predicted molar refractivity (Wildman–Crippen MR) is 155 cm³/mol. The van der Waals surface area contributed by atoms with Crippen LogP contribution in [0.1, 0.15) is 38.8 Å². The number of halogens is 2. The van der Waals surface area contributed by atoms with Crippen molar-refractivity contribution in [2.24, 2.45) is 0 Å². The van der Waals surface area contributed by atoms with Gasteiger partial charge in [0.1, 0.15) is 17.2 Å². The van der Waals surface area contributed by atoms with E-state index in [-0.39, 0.29) is 29.7 Å². The van der Waals surface area contributed by atoms with E-state index in [9.17, 15) is 18.8 Å². The first-order valence-electron chi connectivity index (χ1n) is 13.4. The molecule has 3 amide bonds. The van der Waals surface area contributed by atoms with Crippen LogP contribution in [0.15, 0.2) is 42.5 Å². The van der Waals surface area contributed by atoms with E-state index in [0.717, 1.165) is 5.56 Å². The number of carbonyl (C=O) groups excluding carboxylic acids is 3. The van der Waals surface area contributed by atoms with E-state index in [1.165, 1.54) is 32.2 Å². The lowest BCUT2D eigenvalue weighted by molar-refractivity contribution is -0.140. The number of hydrogen-bond donors (Lipinski definition) is 1. The summed E-state index contributed by atoms with van der Waals surface area (Å²) in [7, 11) is 1.49. The van der Waals surface area contributed by atoms with Crippen LogP contribution in [0.3, 0.4) is 0 Å². The van der Waals surface area contributed by atoms with Crippen molar-refractivity contribution in [3.05, 3.63) is 64.4 Å². The fourth-order valence-corrected chi connectivity index (χ4v) is 5.48. The topological polar surface area (TPSA) is 91.4 Å². The van der Waals surface area contributed by atoms with Gasteiger partial charge >= 0.3 is 6.09 Å². The molecular formula is C30H36ClFN4O5. The SMILES string of the molecule is COc1cc(C=CC(=O)N2C3CN(Cc4ccc(F)cc4)CC2CN(C(=O)OC(C)(C)C)C3)c(NC(C)=O)cc1Cl. The second-order valence-electron chi connectivity index (χ2n) is 11.3. The maximum atomic E-state index is 13.6. The van der Waals surface area contributed by atoms with E-state index in [4.69, 9.17) is 21.1 Å². The molecule has 9 nitrogen and oxygen atoms in total. The molecule has 4 rings (SSSR count). The zero-order chi connectivity index (χ0) is 29.9. The smallest absolute Gasteiger partial charge is 0.410 e. The Hall–Kier alpha value is -3.63. The molecule has 2 heterocycles. The maximum Gasteiger partial charge on any atom is 0.410 e. The molecule has 0 saturated carbocycles. The van der Waals surface area contributed by atoms with Gasteiger partial charge in [-0.2, -0.15) is 0 Å². The highest BCUT2D eigenvalue weighted by Crippen LogP contribution is 2.32. The largest absolute Gasteiger partial charge is 0.495 e. The Bertz CT molecular complexity index is 1310. The van der Waals surface area contributed by atoms with Crippen LogP contribution in [0, 0.1) is 5.82 Å². The Morgan fingerprint density at radius 3 is 2.27 bits per heavy atom. The summed E-state index contributed by atoms with van der Waals surface area (Å²) in [4.78, 5) is 44.0. The number of amides is 3. The zero-order valence-corrected chi connectivity index (χ0v) is 24.7. The second kappa shape index (κ2) is 12.5. The molecule has 220 valence electrons. The van der Waals surface area contributed by atoms with Crippen LogP contribution >= 0.6 is 11.6 Å². The van der Waals surface area contributed by atoms with Crippen molar-refractivity contribution < 1.29 is 28.2 Å². The van der Waals surface area contributed by atoms with E-state index in [1.807, 2.05) is 25.7 Å². The van der Waals surface area contributed by atoms with Crippen molar-refractivity contribution in [2.45, 2.75) is 51.9 Å². The predicted octanol–water partition coefficient (Wildman–Crippen LogP) is 4.79. The number of piperazine rings is 2. The summed E-state index contributed by atoms with van der Waals surface area (Å²) in [6, 6.07) is 9.04. The monoisotopic (exact) mass is 586 g/mol. The van der Waals surface area contributed by atoms with Gasteiger partial charge in [-0.05, 0) is 56.7 Å². The molecule has 2 aromatic rings. The average Bonchev–Trinajstić information content (AvgIpc) is 2.87. The molecule has 2 aliphatic heterocycles. The molecule has 2 saturated heterocycles. The fraction of sp³-hybridized carbons (Fsp3) is 0.433. The van der Waals surface area contributed by atoms with E-state index in [2.05, 4.69) is 10.2 Å². The number of fused-ring (bicyclic) bond motifs is 2. The van der Waals surface area contributed by atoms with Gasteiger partial charge < -0.3 is 24.6 Å². The third-order valence-electron chi connectivity index (χ3n) is 6.85. The highest BCUT2D eigenvalue weighted by molar-refractivity contribution is 6.32. The number of carbonyl (C=O) groups is 3. The Kier molecular flexibility index (Phi) is 9.24. The van der Waals surface area contributed by atoms with E-state index in [1.54, 1.807) is 35.2 Å². The molecule has 2 unspecified atom stereocenters. The summed E-state index contributed by atoms with van der Waals surface area (Å²) in [5.41, 5.74) is 1.34. The summed E-state index contributed by atoms with van der Waals surface area (Å²) in [5.74, 6) is -0.373. The Morgan fingerprint density at radius 1 is 1.07 bits per heavy atom. The normalized spacial score (nSPS) is 19.3. The van der Waals surface area contributed by atoms with Gasteiger partial charge in [0.25, 0.3) is 0 Å². The summed E-state index contributed by atoms with van der Waals surface area (Å²) in [5, 5.41) is 3.06. The first-order chi connectivity index (χ1) is 19.3. The lowest BCUT2D eigenvalue weighted by Gasteiger charge is -2.52. The number of hydrogen-bond acceptors (Lipinski definition) is 6. The van der Waals surface area contributed by atoms with Crippen molar-refractivity contribution in [1.29, 1.82) is 0 Å². The molecular weight excluding hydrogens is 551 g/mol. The van der Waals surface area contributed by atoms with Crippen molar-refractivity contribution in [2.75, 3.05) is 38.6 Å². The average molecular weight is 587 g/mol. The first-order valence-corrected chi connectivity index (χ1v) is 13.8. The van der Waals surface area contributed by atoms with Crippen LogP contribution in [0.5, 0.6) is 5.75 Å². The van der Waals surface area contributed by atoms with Gasteiger partial charge in [0.15, 0.2) is 0 Å². The minimum Gasteiger partial charge on any atom is -0.495 e. The van der Waals surface area contributed by atoms with Crippen LogP contribution in [-0.2, 0) is 20.9 Å². The Labute approximate surface area is 244 Å². The molecule has 1 N–H and O–H groups in total. The van der Waals surface area contributed by atoms with Gasteiger partial charge in [-0.25, -0.2) is 9.18 Å². The summed E-state index contributed by atoms with van der Waals surface area (Å²) < 4.78 is 24.4. The van der Waals surface area contributed by atoms with E-state index in [0.29, 0.717) is 54.7 Å². The molecule has 2 aliphatic rings. The van der Waals surface area contributed by atoms with Crippen molar-refractivity contribution in [3.8, 4) is 5.75 Å². The number of nitrogens with one attached hydrogen (secondary N) is 1. The number of anilines is 1. The highest BCUT2D eigenvalue weighted by atomic mass is 35.5. The molecule has 0 radical (unpaired) electrons. The van der Waals surface area contributed by atoms with Gasteiger partial charge in [0, 0.05) is 57.0 Å². The fourth-order valence-electron chi connectivity index (χ4n) is 5.24. The molecule has 0 aliphatic carbocycles. The highest BCUT2D eigenvalue weighted by Gasteiger charge is 2.44. The van der Waals surface area contributed by atoms with Crippen molar-refractivity contribution in [3.63, 3.8) is 0 Å². The molecule has 2 bridgehead atoms. The molecule has 0 spiro atoms. The summed E-state index contributed by atoms with van der Waals surface area (Å²) >= 11 is 6.25. The Balaban J connectivity index is 1.57. The molecule has 2 aromatic carbocycles. The van der Waals surface area contributed by atoms with Gasteiger partial charge in [0.05, 0.1) is 24.2 Å². The second-order valence-corrected chi connectivity index (χ2v) is 11.8. The zero-order valence-electron chi connectivity index (χ0n) is 23.9. The number of ether oxygens (including phenoxy) is 2. The molecule has 2 atom stereocenters. The first kappa shape index (κ1) is 30.3. The van der Waals surface area contributed by atoms with E-state index < -0.39 is 11.7 Å². The van der Waals surface area contributed by atoms with Crippen LogP contribution < -0.4 is 10.1 Å². The quantitative estimate of drug-likeness (QED) is 0.490. The third kappa shape index (κ3) is 7.77. The lowest BCUT2D eigenvalue weighted by Crippen LogP contribution is -2.70. The maximum absolute atomic E-state index is 13.6. The molecule has 0 aromatic heterocycles. The van der Waals surface area contributed by atoms with Gasteiger partial charge in [-0.15, -0.1) is 0 Å². The number of benzene rings is 2. The van der Waals surface area contributed by atoms with E-state index >= 15 is 0 Å². The minimum atomic E-state index is -0.637.